The maximum Gasteiger partial charge on any atom is 0.125 e. The minimum atomic E-state index is -0.238. The van der Waals surface area contributed by atoms with E-state index in [1.165, 1.54) is 0 Å². The zero-order chi connectivity index (χ0) is 12.4. The highest BCUT2D eigenvalue weighted by atomic mass is 79.9. The van der Waals surface area contributed by atoms with Gasteiger partial charge in [0.15, 0.2) is 0 Å². The maximum atomic E-state index is 6.20. The number of aryl methyl sites for hydroxylation is 1. The molecular formula is C13H13Br2NO. The molecule has 1 unspecified atom stereocenters. The molecule has 0 amide bonds. The Kier molecular flexibility index (Phi) is 4.07. The zero-order valence-corrected chi connectivity index (χ0v) is 12.6. The predicted molar refractivity (Wildman–Crippen MR) is 76.0 cm³/mol. The summed E-state index contributed by atoms with van der Waals surface area (Å²) in [5.41, 5.74) is 7.21. The quantitative estimate of drug-likeness (QED) is 0.882. The van der Waals surface area contributed by atoms with Gasteiger partial charge in [0.1, 0.15) is 11.5 Å². The predicted octanol–water partition coefficient (Wildman–Crippen LogP) is 4.42. The van der Waals surface area contributed by atoms with Crippen LogP contribution in [0.25, 0.3) is 0 Å². The SMILES string of the molecule is CCc1ccc(C(N)c2ccc(Br)cc2Br)o1. The Balaban J connectivity index is 2.33. The smallest absolute Gasteiger partial charge is 0.125 e. The molecule has 0 aliphatic carbocycles. The molecule has 2 nitrogen and oxygen atoms in total. The van der Waals surface area contributed by atoms with Crippen LogP contribution in [0.4, 0.5) is 0 Å². The Hall–Kier alpha value is -0.580. The minimum Gasteiger partial charge on any atom is -0.464 e. The molecule has 0 saturated heterocycles. The van der Waals surface area contributed by atoms with Gasteiger partial charge in [-0.2, -0.15) is 0 Å². The first-order chi connectivity index (χ1) is 8.11. The van der Waals surface area contributed by atoms with Crippen LogP contribution in [0.15, 0.2) is 43.7 Å². The Labute approximate surface area is 117 Å². The average molecular weight is 359 g/mol. The van der Waals surface area contributed by atoms with Crippen LogP contribution in [0.3, 0.4) is 0 Å². The van der Waals surface area contributed by atoms with Gasteiger partial charge in [-0.25, -0.2) is 0 Å². The summed E-state index contributed by atoms with van der Waals surface area (Å²) in [6, 6.07) is 9.63. The number of hydrogen-bond donors (Lipinski definition) is 1. The number of rotatable bonds is 3. The molecule has 4 heteroatoms. The van der Waals surface area contributed by atoms with Crippen molar-refractivity contribution in [2.45, 2.75) is 19.4 Å². The summed E-state index contributed by atoms with van der Waals surface area (Å²) >= 11 is 6.94. The van der Waals surface area contributed by atoms with Crippen molar-refractivity contribution < 1.29 is 4.42 Å². The van der Waals surface area contributed by atoms with Crippen LogP contribution < -0.4 is 5.73 Å². The monoisotopic (exact) mass is 357 g/mol. The first-order valence-electron chi connectivity index (χ1n) is 5.41. The molecule has 1 heterocycles. The molecule has 1 aromatic carbocycles. The summed E-state index contributed by atoms with van der Waals surface area (Å²) in [5.74, 6) is 1.76. The molecular weight excluding hydrogens is 346 g/mol. The van der Waals surface area contributed by atoms with Crippen molar-refractivity contribution in [3.05, 3.63) is 56.4 Å². The molecule has 90 valence electrons. The third-order valence-electron chi connectivity index (χ3n) is 2.63. The molecule has 0 radical (unpaired) electrons. The highest BCUT2D eigenvalue weighted by Crippen LogP contribution is 2.30. The largest absolute Gasteiger partial charge is 0.464 e. The van der Waals surface area contributed by atoms with Gasteiger partial charge in [0.2, 0.25) is 0 Å². The maximum absolute atomic E-state index is 6.20. The van der Waals surface area contributed by atoms with Gasteiger partial charge in [0.05, 0.1) is 6.04 Å². The zero-order valence-electron chi connectivity index (χ0n) is 9.41. The lowest BCUT2D eigenvalue weighted by Crippen LogP contribution is -2.11. The van der Waals surface area contributed by atoms with E-state index in [9.17, 15) is 0 Å². The van der Waals surface area contributed by atoms with Crippen LogP contribution in [0.1, 0.15) is 30.0 Å². The van der Waals surface area contributed by atoms with Crippen molar-refractivity contribution in [3.8, 4) is 0 Å². The van der Waals surface area contributed by atoms with Crippen molar-refractivity contribution in [1.29, 1.82) is 0 Å². The van der Waals surface area contributed by atoms with Crippen LogP contribution >= 0.6 is 31.9 Å². The molecule has 2 N–H and O–H groups in total. The van der Waals surface area contributed by atoms with Gasteiger partial charge in [-0.15, -0.1) is 0 Å². The first-order valence-corrected chi connectivity index (χ1v) is 6.99. The Morgan fingerprint density at radius 2 is 2.00 bits per heavy atom. The minimum absolute atomic E-state index is 0.238. The van der Waals surface area contributed by atoms with E-state index in [-0.39, 0.29) is 6.04 Å². The lowest BCUT2D eigenvalue weighted by Gasteiger charge is -2.11. The molecule has 17 heavy (non-hydrogen) atoms. The number of benzene rings is 1. The van der Waals surface area contributed by atoms with Crippen LogP contribution in [-0.2, 0) is 6.42 Å². The van der Waals surface area contributed by atoms with Gasteiger partial charge in [0.25, 0.3) is 0 Å². The molecule has 0 saturated carbocycles. The van der Waals surface area contributed by atoms with Gasteiger partial charge in [-0.1, -0.05) is 44.8 Å². The topological polar surface area (TPSA) is 39.2 Å². The Bertz CT molecular complexity index is 522. The number of halogens is 2. The van der Waals surface area contributed by atoms with Crippen molar-refractivity contribution in [1.82, 2.24) is 0 Å². The van der Waals surface area contributed by atoms with Crippen molar-refractivity contribution in [2.75, 3.05) is 0 Å². The van der Waals surface area contributed by atoms with Crippen LogP contribution in [0.2, 0.25) is 0 Å². The van der Waals surface area contributed by atoms with E-state index in [0.717, 1.165) is 32.5 Å². The van der Waals surface area contributed by atoms with Crippen molar-refractivity contribution in [3.63, 3.8) is 0 Å². The summed E-state index contributed by atoms with van der Waals surface area (Å²) in [4.78, 5) is 0. The number of nitrogens with two attached hydrogens (primary N) is 1. The Morgan fingerprint density at radius 1 is 1.24 bits per heavy atom. The fraction of sp³-hybridized carbons (Fsp3) is 0.231. The fourth-order valence-corrected chi connectivity index (χ4v) is 2.95. The van der Waals surface area contributed by atoms with Gasteiger partial charge >= 0.3 is 0 Å². The highest BCUT2D eigenvalue weighted by molar-refractivity contribution is 9.11. The second-order valence-electron chi connectivity index (χ2n) is 3.80. The van der Waals surface area contributed by atoms with E-state index in [4.69, 9.17) is 10.2 Å². The van der Waals surface area contributed by atoms with E-state index in [2.05, 4.69) is 38.8 Å². The third-order valence-corrected chi connectivity index (χ3v) is 3.81. The number of hydrogen-bond acceptors (Lipinski definition) is 2. The molecule has 0 spiro atoms. The summed E-state index contributed by atoms with van der Waals surface area (Å²) in [6.07, 6.45) is 0.883. The van der Waals surface area contributed by atoms with Crippen molar-refractivity contribution >= 4 is 31.9 Å². The molecule has 0 bridgehead atoms. The van der Waals surface area contributed by atoms with Gasteiger partial charge in [0, 0.05) is 15.4 Å². The normalized spacial score (nSPS) is 12.7. The van der Waals surface area contributed by atoms with E-state index in [1.807, 2.05) is 30.3 Å². The van der Waals surface area contributed by atoms with Gasteiger partial charge in [-0.3, -0.25) is 0 Å². The van der Waals surface area contributed by atoms with E-state index in [1.54, 1.807) is 0 Å². The second kappa shape index (κ2) is 5.38. The molecule has 0 aliphatic heterocycles. The molecule has 1 atom stereocenters. The van der Waals surface area contributed by atoms with Gasteiger partial charge < -0.3 is 10.2 Å². The lowest BCUT2D eigenvalue weighted by atomic mass is 10.1. The fourth-order valence-electron chi connectivity index (χ4n) is 1.66. The van der Waals surface area contributed by atoms with Crippen LogP contribution in [-0.4, -0.2) is 0 Å². The molecule has 2 rings (SSSR count). The average Bonchev–Trinajstić information content (AvgIpc) is 2.76. The van der Waals surface area contributed by atoms with Crippen molar-refractivity contribution in [2.24, 2.45) is 5.73 Å². The summed E-state index contributed by atoms with van der Waals surface area (Å²) in [6.45, 7) is 2.06. The standard InChI is InChI=1S/C13H13Br2NO/c1-2-9-4-6-12(17-9)13(16)10-5-3-8(14)7-11(10)15/h3-7,13H,2,16H2,1H3. The number of furan rings is 1. The Morgan fingerprint density at radius 3 is 2.59 bits per heavy atom. The van der Waals surface area contributed by atoms with Crippen LogP contribution in [0, 0.1) is 0 Å². The molecule has 1 aromatic heterocycles. The second-order valence-corrected chi connectivity index (χ2v) is 5.57. The summed E-state index contributed by atoms with van der Waals surface area (Å²) < 4.78 is 7.68. The highest BCUT2D eigenvalue weighted by Gasteiger charge is 2.15. The first kappa shape index (κ1) is 12.9. The van der Waals surface area contributed by atoms with E-state index < -0.39 is 0 Å². The van der Waals surface area contributed by atoms with Crippen LogP contribution in [0.5, 0.6) is 0 Å². The summed E-state index contributed by atoms with van der Waals surface area (Å²) in [7, 11) is 0. The molecule has 0 fully saturated rings. The molecule has 2 aromatic rings. The van der Waals surface area contributed by atoms with Gasteiger partial charge in [-0.05, 0) is 29.8 Å². The molecule has 0 aliphatic rings. The third kappa shape index (κ3) is 2.81. The lowest BCUT2D eigenvalue weighted by molar-refractivity contribution is 0.453. The van der Waals surface area contributed by atoms with E-state index in [0.29, 0.717) is 0 Å². The van der Waals surface area contributed by atoms with E-state index >= 15 is 0 Å². The summed E-state index contributed by atoms with van der Waals surface area (Å²) in [5, 5.41) is 0.